The lowest BCUT2D eigenvalue weighted by Gasteiger charge is -2.38. The van der Waals surface area contributed by atoms with E-state index in [2.05, 4.69) is 12.7 Å². The van der Waals surface area contributed by atoms with Gasteiger partial charge in [-0.15, -0.1) is 6.58 Å². The number of nitrogens with zero attached hydrogens (tertiary/aromatic N) is 1. The number of esters is 1. The Morgan fingerprint density at radius 3 is 2.65 bits per heavy atom. The standard InChI is InChI=1S/C18H27NO4/c1-6-12-11-13-9-8-10-19(17(21)23-18(3,4)5)15(13)14(12)16(20)22-7-2/h6,8-9,12-15H,1,7,10-11H2,2-5H3/t12-,13+,14-,15-/m0/s1. The molecule has 1 fully saturated rings. The topological polar surface area (TPSA) is 55.8 Å². The van der Waals surface area contributed by atoms with Crippen LogP contribution in [0, 0.1) is 17.8 Å². The monoisotopic (exact) mass is 321 g/mol. The predicted molar refractivity (Wildman–Crippen MR) is 87.8 cm³/mol. The summed E-state index contributed by atoms with van der Waals surface area (Å²) in [6.07, 6.45) is 6.30. The second kappa shape index (κ2) is 6.77. The highest BCUT2D eigenvalue weighted by atomic mass is 16.6. The first-order valence-corrected chi connectivity index (χ1v) is 8.24. The van der Waals surface area contributed by atoms with Gasteiger partial charge in [0.2, 0.25) is 0 Å². The third-order valence-electron chi connectivity index (χ3n) is 4.35. The molecule has 5 heteroatoms. The van der Waals surface area contributed by atoms with Crippen LogP contribution < -0.4 is 0 Å². The van der Waals surface area contributed by atoms with E-state index in [4.69, 9.17) is 9.47 Å². The average molecular weight is 321 g/mol. The van der Waals surface area contributed by atoms with Crippen molar-refractivity contribution in [1.29, 1.82) is 0 Å². The van der Waals surface area contributed by atoms with E-state index in [1.807, 2.05) is 26.8 Å². The van der Waals surface area contributed by atoms with Crippen LogP contribution in [0.25, 0.3) is 0 Å². The van der Waals surface area contributed by atoms with Gasteiger partial charge in [0.05, 0.1) is 18.6 Å². The molecule has 0 radical (unpaired) electrons. The second-order valence-corrected chi connectivity index (χ2v) is 7.13. The maximum atomic E-state index is 12.6. The molecule has 0 aromatic heterocycles. The maximum Gasteiger partial charge on any atom is 0.410 e. The van der Waals surface area contributed by atoms with Crippen molar-refractivity contribution in [3.63, 3.8) is 0 Å². The molecule has 128 valence electrons. The number of allylic oxidation sites excluding steroid dienone is 1. The molecule has 0 bridgehead atoms. The van der Waals surface area contributed by atoms with E-state index in [1.54, 1.807) is 17.9 Å². The van der Waals surface area contributed by atoms with Crippen molar-refractivity contribution in [2.75, 3.05) is 13.2 Å². The molecule has 0 N–H and O–H groups in total. The molecule has 4 atom stereocenters. The summed E-state index contributed by atoms with van der Waals surface area (Å²) < 4.78 is 10.8. The number of rotatable bonds is 3. The second-order valence-electron chi connectivity index (χ2n) is 7.13. The molecular formula is C18H27NO4. The molecule has 0 saturated heterocycles. The van der Waals surface area contributed by atoms with Crippen LogP contribution in [0.15, 0.2) is 24.8 Å². The van der Waals surface area contributed by atoms with Crippen LogP contribution in [0.1, 0.15) is 34.1 Å². The molecule has 0 aromatic rings. The van der Waals surface area contributed by atoms with E-state index in [1.165, 1.54) is 0 Å². The summed E-state index contributed by atoms with van der Waals surface area (Å²) >= 11 is 0. The summed E-state index contributed by atoms with van der Waals surface area (Å²) in [6, 6.07) is -0.225. The number of amides is 1. The van der Waals surface area contributed by atoms with Gasteiger partial charge in [-0.25, -0.2) is 4.79 Å². The molecule has 0 aromatic carbocycles. The predicted octanol–water partition coefficient (Wildman–Crippen LogP) is 3.16. The largest absolute Gasteiger partial charge is 0.466 e. The third kappa shape index (κ3) is 3.77. The Labute approximate surface area is 138 Å². The van der Waals surface area contributed by atoms with Crippen LogP contribution in [-0.4, -0.2) is 41.8 Å². The van der Waals surface area contributed by atoms with Gasteiger partial charge >= 0.3 is 12.1 Å². The van der Waals surface area contributed by atoms with Crippen LogP contribution in [0.5, 0.6) is 0 Å². The normalized spacial score (nSPS) is 29.8. The van der Waals surface area contributed by atoms with Crippen molar-refractivity contribution >= 4 is 12.1 Å². The van der Waals surface area contributed by atoms with Gasteiger partial charge in [0, 0.05) is 6.54 Å². The fourth-order valence-corrected chi connectivity index (χ4v) is 3.52. The van der Waals surface area contributed by atoms with Crippen LogP contribution in [0.2, 0.25) is 0 Å². The number of fused-ring (bicyclic) bond motifs is 1. The molecule has 0 spiro atoms. The minimum Gasteiger partial charge on any atom is -0.466 e. The minimum atomic E-state index is -0.566. The summed E-state index contributed by atoms with van der Waals surface area (Å²) in [5, 5.41) is 0. The molecule has 1 aliphatic heterocycles. The molecule has 1 amide bonds. The summed E-state index contributed by atoms with van der Waals surface area (Å²) in [5.74, 6) is -0.492. The van der Waals surface area contributed by atoms with Crippen LogP contribution in [-0.2, 0) is 14.3 Å². The fraction of sp³-hybridized carbons (Fsp3) is 0.667. The average Bonchev–Trinajstić information content (AvgIpc) is 2.83. The molecule has 2 aliphatic rings. The van der Waals surface area contributed by atoms with Crippen molar-refractivity contribution in [3.8, 4) is 0 Å². The van der Waals surface area contributed by atoms with E-state index in [0.717, 1.165) is 6.42 Å². The van der Waals surface area contributed by atoms with Gasteiger partial charge in [0.25, 0.3) is 0 Å². The Kier molecular flexibility index (Phi) is 5.17. The zero-order valence-corrected chi connectivity index (χ0v) is 14.5. The van der Waals surface area contributed by atoms with Gasteiger partial charge in [-0.2, -0.15) is 0 Å². The number of hydrogen-bond acceptors (Lipinski definition) is 4. The summed E-state index contributed by atoms with van der Waals surface area (Å²) in [5.41, 5.74) is -0.566. The van der Waals surface area contributed by atoms with Gasteiger partial charge in [0.1, 0.15) is 5.60 Å². The summed E-state index contributed by atoms with van der Waals surface area (Å²) in [6.45, 7) is 12.0. The first-order valence-electron chi connectivity index (χ1n) is 8.24. The Bertz CT molecular complexity index is 506. The smallest absolute Gasteiger partial charge is 0.410 e. The summed E-state index contributed by atoms with van der Waals surface area (Å²) in [7, 11) is 0. The lowest BCUT2D eigenvalue weighted by Crippen LogP contribution is -2.51. The van der Waals surface area contributed by atoms with E-state index < -0.39 is 5.60 Å². The maximum absolute atomic E-state index is 12.6. The molecule has 1 heterocycles. The van der Waals surface area contributed by atoms with E-state index >= 15 is 0 Å². The highest BCUT2D eigenvalue weighted by molar-refractivity contribution is 5.77. The molecular weight excluding hydrogens is 294 g/mol. The van der Waals surface area contributed by atoms with E-state index in [9.17, 15) is 9.59 Å². The minimum absolute atomic E-state index is 0.0109. The molecule has 1 saturated carbocycles. The first kappa shape index (κ1) is 17.6. The molecule has 5 nitrogen and oxygen atoms in total. The Morgan fingerprint density at radius 2 is 2.09 bits per heavy atom. The Balaban J connectivity index is 2.28. The van der Waals surface area contributed by atoms with Crippen molar-refractivity contribution in [3.05, 3.63) is 24.8 Å². The Morgan fingerprint density at radius 1 is 1.39 bits per heavy atom. The summed E-state index contributed by atoms with van der Waals surface area (Å²) in [4.78, 5) is 26.7. The number of carbonyl (C=O) groups excluding carboxylic acids is 2. The van der Waals surface area contributed by atoms with Crippen molar-refractivity contribution in [2.24, 2.45) is 17.8 Å². The number of ether oxygens (including phenoxy) is 2. The van der Waals surface area contributed by atoms with Crippen molar-refractivity contribution in [2.45, 2.75) is 45.8 Å². The number of hydrogen-bond donors (Lipinski definition) is 0. The molecule has 2 rings (SSSR count). The lowest BCUT2D eigenvalue weighted by molar-refractivity contribution is -0.150. The van der Waals surface area contributed by atoms with Gasteiger partial charge in [-0.05, 0) is 46.0 Å². The molecule has 0 unspecified atom stereocenters. The van der Waals surface area contributed by atoms with E-state index in [0.29, 0.717) is 13.2 Å². The lowest BCUT2D eigenvalue weighted by atomic mass is 9.90. The van der Waals surface area contributed by atoms with E-state index in [-0.39, 0.29) is 35.9 Å². The van der Waals surface area contributed by atoms with Crippen LogP contribution in [0.3, 0.4) is 0 Å². The fourth-order valence-electron chi connectivity index (χ4n) is 3.52. The zero-order chi connectivity index (χ0) is 17.2. The first-order chi connectivity index (χ1) is 10.8. The molecule has 23 heavy (non-hydrogen) atoms. The van der Waals surface area contributed by atoms with Gasteiger partial charge in [0.15, 0.2) is 0 Å². The third-order valence-corrected chi connectivity index (χ3v) is 4.35. The van der Waals surface area contributed by atoms with Gasteiger partial charge in [-0.1, -0.05) is 18.2 Å². The van der Waals surface area contributed by atoms with Crippen molar-refractivity contribution in [1.82, 2.24) is 4.90 Å². The van der Waals surface area contributed by atoms with Crippen LogP contribution in [0.4, 0.5) is 4.79 Å². The van der Waals surface area contributed by atoms with Gasteiger partial charge < -0.3 is 14.4 Å². The number of carbonyl (C=O) groups is 2. The Hall–Kier alpha value is -1.78. The van der Waals surface area contributed by atoms with Crippen LogP contribution >= 0.6 is 0 Å². The molecule has 1 aliphatic carbocycles. The highest BCUT2D eigenvalue weighted by Crippen LogP contribution is 2.43. The zero-order valence-electron chi connectivity index (χ0n) is 14.5. The SMILES string of the molecule is C=C[C@H]1C[C@H]2C=CCN(C(=O)OC(C)(C)C)[C@@H]2[C@H]1C(=O)OCC. The quantitative estimate of drug-likeness (QED) is 0.592. The van der Waals surface area contributed by atoms with Gasteiger partial charge in [-0.3, -0.25) is 4.79 Å². The highest BCUT2D eigenvalue weighted by Gasteiger charge is 2.51. The van der Waals surface area contributed by atoms with Crippen molar-refractivity contribution < 1.29 is 19.1 Å².